The fourth-order valence-electron chi connectivity index (χ4n) is 2.68. The number of thioether (sulfide) groups is 1. The summed E-state index contributed by atoms with van der Waals surface area (Å²) in [7, 11) is 3.51. The van der Waals surface area contributed by atoms with E-state index in [9.17, 15) is 4.79 Å². The lowest BCUT2D eigenvalue weighted by Gasteiger charge is -2.21. The number of carbonyl (C=O) groups excluding carboxylic acids is 1. The Morgan fingerprint density at radius 1 is 1.43 bits per heavy atom. The zero-order valence-corrected chi connectivity index (χ0v) is 13.8. The number of rotatable bonds is 5. The number of hydrogen-bond acceptors (Lipinski definition) is 3. The fraction of sp³-hybridized carbons (Fsp3) is 0.562. The minimum Gasteiger partial charge on any atom is -0.496 e. The topological polar surface area (TPSA) is 41.6 Å². The maximum absolute atomic E-state index is 12.2. The highest BCUT2D eigenvalue weighted by Crippen LogP contribution is 2.28. The van der Waals surface area contributed by atoms with E-state index in [2.05, 4.69) is 5.32 Å². The lowest BCUT2D eigenvalue weighted by atomic mass is 10.2. The zero-order chi connectivity index (χ0) is 15.2. The van der Waals surface area contributed by atoms with Crippen LogP contribution in [0.2, 0.25) is 0 Å². The van der Waals surface area contributed by atoms with E-state index in [1.54, 1.807) is 23.8 Å². The molecule has 0 radical (unpaired) electrons. The second-order valence-electron chi connectivity index (χ2n) is 5.48. The number of carbonyl (C=O) groups is 1. The summed E-state index contributed by atoms with van der Waals surface area (Å²) in [6.07, 6.45) is 6.69. The van der Waals surface area contributed by atoms with Crippen LogP contribution in [-0.2, 0) is 6.54 Å². The number of urea groups is 1. The molecule has 116 valence electrons. The molecule has 0 aliphatic heterocycles. The molecule has 0 unspecified atom stereocenters. The van der Waals surface area contributed by atoms with Gasteiger partial charge in [0.15, 0.2) is 0 Å². The predicted octanol–water partition coefficient (Wildman–Crippen LogP) is 3.50. The summed E-state index contributed by atoms with van der Waals surface area (Å²) in [6.45, 7) is 0.587. The van der Waals surface area contributed by atoms with Crippen LogP contribution >= 0.6 is 11.8 Å². The third-order valence-corrected chi connectivity index (χ3v) is 4.67. The van der Waals surface area contributed by atoms with E-state index in [0.717, 1.165) is 29.1 Å². The van der Waals surface area contributed by atoms with Gasteiger partial charge in [-0.15, -0.1) is 11.8 Å². The van der Waals surface area contributed by atoms with Crippen LogP contribution in [0.5, 0.6) is 5.75 Å². The second kappa shape index (κ2) is 7.59. The van der Waals surface area contributed by atoms with Gasteiger partial charge in [-0.2, -0.15) is 0 Å². The van der Waals surface area contributed by atoms with Gasteiger partial charge >= 0.3 is 6.03 Å². The third-order valence-electron chi connectivity index (χ3n) is 3.90. The first-order chi connectivity index (χ1) is 10.1. The maximum Gasteiger partial charge on any atom is 0.317 e. The Kier molecular flexibility index (Phi) is 5.79. The number of hydrogen-bond donors (Lipinski definition) is 1. The Hall–Kier alpha value is -1.36. The summed E-state index contributed by atoms with van der Waals surface area (Å²) in [5.41, 5.74) is 1.08. The summed E-state index contributed by atoms with van der Waals surface area (Å²) in [5.74, 6) is 0.865. The molecule has 0 aromatic heterocycles. The highest BCUT2D eigenvalue weighted by molar-refractivity contribution is 7.98. The summed E-state index contributed by atoms with van der Waals surface area (Å²) in [6, 6.07) is 6.46. The SMILES string of the molecule is COc1cc(CN(C)C(=O)NC2CCCC2)ccc1SC. The number of ether oxygens (including phenoxy) is 1. The Bertz CT molecular complexity index is 487. The highest BCUT2D eigenvalue weighted by atomic mass is 32.2. The van der Waals surface area contributed by atoms with Gasteiger partial charge < -0.3 is 15.0 Å². The van der Waals surface area contributed by atoms with Crippen LogP contribution in [0.4, 0.5) is 4.79 Å². The van der Waals surface area contributed by atoms with Crippen molar-refractivity contribution in [3.63, 3.8) is 0 Å². The van der Waals surface area contributed by atoms with Crippen LogP contribution in [0.3, 0.4) is 0 Å². The molecule has 0 spiro atoms. The van der Waals surface area contributed by atoms with Crippen molar-refractivity contribution in [1.82, 2.24) is 10.2 Å². The second-order valence-corrected chi connectivity index (χ2v) is 6.32. The van der Waals surface area contributed by atoms with Crippen molar-refractivity contribution in [3.8, 4) is 5.75 Å². The van der Waals surface area contributed by atoms with E-state index in [1.807, 2.05) is 31.5 Å². The van der Waals surface area contributed by atoms with Gasteiger partial charge in [-0.25, -0.2) is 4.79 Å². The molecule has 5 heteroatoms. The molecule has 1 aromatic carbocycles. The molecule has 1 fully saturated rings. The molecule has 2 amide bonds. The number of nitrogens with one attached hydrogen (secondary N) is 1. The van der Waals surface area contributed by atoms with Crippen LogP contribution in [0.15, 0.2) is 23.1 Å². The minimum atomic E-state index is 0.00908. The van der Waals surface area contributed by atoms with Crippen LogP contribution in [-0.4, -0.2) is 37.4 Å². The molecule has 0 bridgehead atoms. The van der Waals surface area contributed by atoms with Crippen molar-refractivity contribution in [2.24, 2.45) is 0 Å². The number of nitrogens with zero attached hydrogens (tertiary/aromatic N) is 1. The van der Waals surface area contributed by atoms with E-state index in [-0.39, 0.29) is 6.03 Å². The van der Waals surface area contributed by atoms with Gasteiger partial charge in [0.2, 0.25) is 0 Å². The van der Waals surface area contributed by atoms with E-state index >= 15 is 0 Å². The maximum atomic E-state index is 12.2. The van der Waals surface area contributed by atoms with Crippen LogP contribution in [0, 0.1) is 0 Å². The third kappa shape index (κ3) is 4.30. The minimum absolute atomic E-state index is 0.00908. The first-order valence-electron chi connectivity index (χ1n) is 7.36. The molecular weight excluding hydrogens is 284 g/mol. The average molecular weight is 308 g/mol. The van der Waals surface area contributed by atoms with Crippen LogP contribution < -0.4 is 10.1 Å². The monoisotopic (exact) mass is 308 g/mol. The molecule has 1 N–H and O–H groups in total. The van der Waals surface area contributed by atoms with Gasteiger partial charge in [-0.1, -0.05) is 18.9 Å². The molecule has 1 aliphatic rings. The zero-order valence-electron chi connectivity index (χ0n) is 13.0. The Balaban J connectivity index is 1.94. The molecule has 4 nitrogen and oxygen atoms in total. The largest absolute Gasteiger partial charge is 0.496 e. The van der Waals surface area contributed by atoms with Gasteiger partial charge in [0.25, 0.3) is 0 Å². The number of benzene rings is 1. The molecule has 1 aliphatic carbocycles. The van der Waals surface area contributed by atoms with Crippen LogP contribution in [0.25, 0.3) is 0 Å². The summed E-state index contributed by atoms with van der Waals surface area (Å²) in [5, 5.41) is 3.10. The predicted molar refractivity (Wildman–Crippen MR) is 87.0 cm³/mol. The molecule has 0 atom stereocenters. The summed E-state index contributed by atoms with van der Waals surface area (Å²) >= 11 is 1.66. The molecule has 21 heavy (non-hydrogen) atoms. The van der Waals surface area contributed by atoms with Gasteiger partial charge in [0.05, 0.1) is 7.11 Å². The Morgan fingerprint density at radius 2 is 2.14 bits per heavy atom. The van der Waals surface area contributed by atoms with E-state index in [0.29, 0.717) is 12.6 Å². The fourth-order valence-corrected chi connectivity index (χ4v) is 3.23. The van der Waals surface area contributed by atoms with E-state index in [1.165, 1.54) is 12.8 Å². The average Bonchev–Trinajstić information content (AvgIpc) is 2.99. The smallest absolute Gasteiger partial charge is 0.317 e. The first-order valence-corrected chi connectivity index (χ1v) is 8.59. The number of amides is 2. The standard InChI is InChI=1S/C16H24N2O2S/c1-18(16(19)17-13-6-4-5-7-13)11-12-8-9-15(21-3)14(10-12)20-2/h8-10,13H,4-7,11H2,1-3H3,(H,17,19). The van der Waals surface area contributed by atoms with Crippen molar-refractivity contribution in [2.75, 3.05) is 20.4 Å². The van der Waals surface area contributed by atoms with Gasteiger partial charge in [0, 0.05) is 24.5 Å². The van der Waals surface area contributed by atoms with Crippen molar-refractivity contribution in [3.05, 3.63) is 23.8 Å². The van der Waals surface area contributed by atoms with Crippen molar-refractivity contribution < 1.29 is 9.53 Å². The Morgan fingerprint density at radius 3 is 2.76 bits per heavy atom. The Labute approximate surface area is 131 Å². The van der Waals surface area contributed by atoms with Crippen molar-refractivity contribution in [1.29, 1.82) is 0 Å². The summed E-state index contributed by atoms with van der Waals surface area (Å²) in [4.78, 5) is 15.0. The molecular formula is C16H24N2O2S. The molecule has 2 rings (SSSR count). The quantitative estimate of drug-likeness (QED) is 0.847. The normalized spacial score (nSPS) is 15.0. The van der Waals surface area contributed by atoms with Gasteiger partial charge in [0.1, 0.15) is 5.75 Å². The van der Waals surface area contributed by atoms with Gasteiger partial charge in [-0.3, -0.25) is 0 Å². The molecule has 1 aromatic rings. The summed E-state index contributed by atoms with van der Waals surface area (Å²) < 4.78 is 5.39. The molecule has 0 saturated heterocycles. The highest BCUT2D eigenvalue weighted by Gasteiger charge is 2.19. The van der Waals surface area contributed by atoms with Gasteiger partial charge in [-0.05, 0) is 36.8 Å². The van der Waals surface area contributed by atoms with Crippen LogP contribution in [0.1, 0.15) is 31.2 Å². The number of methoxy groups -OCH3 is 1. The van der Waals surface area contributed by atoms with E-state index < -0.39 is 0 Å². The lowest BCUT2D eigenvalue weighted by molar-refractivity contribution is 0.202. The lowest BCUT2D eigenvalue weighted by Crippen LogP contribution is -2.41. The molecule has 0 heterocycles. The van der Waals surface area contributed by atoms with Crippen molar-refractivity contribution >= 4 is 17.8 Å². The molecule has 1 saturated carbocycles. The first kappa shape index (κ1) is 16.0. The van der Waals surface area contributed by atoms with E-state index in [4.69, 9.17) is 4.74 Å². The van der Waals surface area contributed by atoms with Crippen molar-refractivity contribution in [2.45, 2.75) is 43.2 Å².